The number of aromatic amines is 1. The van der Waals surface area contributed by atoms with Gasteiger partial charge in [0.25, 0.3) is 5.89 Å². The van der Waals surface area contributed by atoms with E-state index in [1.807, 2.05) is 54.7 Å². The van der Waals surface area contributed by atoms with Crippen LogP contribution in [0.25, 0.3) is 22.4 Å². The van der Waals surface area contributed by atoms with Crippen LogP contribution in [-0.4, -0.2) is 21.2 Å². The summed E-state index contributed by atoms with van der Waals surface area (Å²) >= 11 is 3.44. The number of para-hydroxylation sites is 1. The highest BCUT2D eigenvalue weighted by atomic mass is 79.9. The molecule has 6 nitrogen and oxygen atoms in total. The van der Waals surface area contributed by atoms with Crippen LogP contribution in [0.3, 0.4) is 0 Å². The van der Waals surface area contributed by atoms with Gasteiger partial charge >= 0.3 is 5.97 Å². The molecule has 0 aliphatic rings. The fourth-order valence-corrected chi connectivity index (χ4v) is 3.14. The molecular formula is C19H14BrN3O3. The van der Waals surface area contributed by atoms with Crippen molar-refractivity contribution in [3.8, 4) is 11.5 Å². The molecule has 4 rings (SSSR count). The first-order valence-electron chi connectivity index (χ1n) is 7.98. The van der Waals surface area contributed by atoms with E-state index in [9.17, 15) is 4.79 Å². The number of aromatic nitrogens is 3. The summed E-state index contributed by atoms with van der Waals surface area (Å²) in [5.74, 6) is 0.276. The van der Waals surface area contributed by atoms with Gasteiger partial charge in [0.1, 0.15) is 0 Å². The first-order valence-corrected chi connectivity index (χ1v) is 8.78. The molecule has 2 aromatic heterocycles. The highest BCUT2D eigenvalue weighted by molar-refractivity contribution is 9.10. The van der Waals surface area contributed by atoms with E-state index in [-0.39, 0.29) is 24.9 Å². The van der Waals surface area contributed by atoms with Gasteiger partial charge in [0.2, 0.25) is 5.89 Å². The minimum absolute atomic E-state index is 0.0569. The molecule has 2 aromatic carbocycles. The standard InChI is InChI=1S/C19H14BrN3O3/c20-15-7-3-1-6-14(15)19-23-22-17(26-19)11-25-18(24)9-12-10-21-16-8-4-2-5-13(12)16/h1-8,10,21H,9,11H2. The lowest BCUT2D eigenvalue weighted by atomic mass is 10.1. The highest BCUT2D eigenvalue weighted by Gasteiger charge is 2.14. The molecule has 0 spiro atoms. The Morgan fingerprint density at radius 3 is 2.81 bits per heavy atom. The molecule has 2 heterocycles. The molecule has 0 aliphatic carbocycles. The Morgan fingerprint density at radius 2 is 1.92 bits per heavy atom. The number of carbonyl (C=O) groups excluding carboxylic acids is 1. The van der Waals surface area contributed by atoms with Gasteiger partial charge in [-0.3, -0.25) is 4.79 Å². The van der Waals surface area contributed by atoms with Crippen molar-refractivity contribution < 1.29 is 13.9 Å². The molecule has 0 bridgehead atoms. The Hall–Kier alpha value is -2.93. The summed E-state index contributed by atoms with van der Waals surface area (Å²) < 4.78 is 11.7. The van der Waals surface area contributed by atoms with Crippen molar-refractivity contribution in [2.75, 3.05) is 0 Å². The smallest absolute Gasteiger partial charge is 0.310 e. The number of benzene rings is 2. The lowest BCUT2D eigenvalue weighted by Crippen LogP contribution is -2.07. The minimum Gasteiger partial charge on any atom is -0.455 e. The molecule has 4 aromatic rings. The van der Waals surface area contributed by atoms with Crippen molar-refractivity contribution in [1.82, 2.24) is 15.2 Å². The summed E-state index contributed by atoms with van der Waals surface area (Å²) in [6.45, 7) is -0.0569. The number of rotatable bonds is 5. The zero-order chi connectivity index (χ0) is 17.9. The largest absolute Gasteiger partial charge is 0.455 e. The Labute approximate surface area is 157 Å². The van der Waals surface area contributed by atoms with Crippen molar-refractivity contribution in [3.05, 3.63) is 70.7 Å². The number of nitrogens with one attached hydrogen (secondary N) is 1. The van der Waals surface area contributed by atoms with Crippen LogP contribution < -0.4 is 0 Å². The number of hydrogen-bond donors (Lipinski definition) is 1. The molecular weight excluding hydrogens is 398 g/mol. The third-order valence-electron chi connectivity index (χ3n) is 3.94. The van der Waals surface area contributed by atoms with E-state index in [1.165, 1.54) is 0 Å². The van der Waals surface area contributed by atoms with Crippen molar-refractivity contribution in [3.63, 3.8) is 0 Å². The van der Waals surface area contributed by atoms with Crippen LogP contribution in [0.15, 0.2) is 63.6 Å². The van der Waals surface area contributed by atoms with E-state index in [1.54, 1.807) is 0 Å². The van der Waals surface area contributed by atoms with E-state index in [0.29, 0.717) is 5.89 Å². The van der Waals surface area contributed by atoms with Gasteiger partial charge in [0.05, 0.1) is 12.0 Å². The SMILES string of the molecule is O=C(Cc1c[nH]c2ccccc12)OCc1nnc(-c2ccccc2Br)o1. The van der Waals surface area contributed by atoms with Crippen molar-refractivity contribution in [1.29, 1.82) is 0 Å². The molecule has 130 valence electrons. The number of ether oxygens (including phenoxy) is 1. The maximum Gasteiger partial charge on any atom is 0.310 e. The average molecular weight is 412 g/mol. The van der Waals surface area contributed by atoms with Gasteiger partial charge in [-0.05, 0) is 39.7 Å². The number of carbonyl (C=O) groups is 1. The first kappa shape index (κ1) is 16.5. The Bertz CT molecular complexity index is 1070. The van der Waals surface area contributed by atoms with Crippen LogP contribution in [0.2, 0.25) is 0 Å². The van der Waals surface area contributed by atoms with E-state index in [0.717, 1.165) is 26.5 Å². The van der Waals surface area contributed by atoms with E-state index in [2.05, 4.69) is 31.1 Å². The van der Waals surface area contributed by atoms with E-state index >= 15 is 0 Å². The molecule has 7 heteroatoms. The average Bonchev–Trinajstić information content (AvgIpc) is 3.28. The molecule has 0 fully saturated rings. The van der Waals surface area contributed by atoms with Crippen LogP contribution in [0, 0.1) is 0 Å². The van der Waals surface area contributed by atoms with Crippen LogP contribution in [0.1, 0.15) is 11.5 Å². The normalized spacial score (nSPS) is 11.0. The summed E-state index contributed by atoms with van der Waals surface area (Å²) in [5.41, 5.74) is 2.67. The third-order valence-corrected chi connectivity index (χ3v) is 4.63. The quantitative estimate of drug-likeness (QED) is 0.496. The fraction of sp³-hybridized carbons (Fsp3) is 0.105. The Kier molecular flexibility index (Phi) is 4.53. The maximum absolute atomic E-state index is 12.1. The van der Waals surface area contributed by atoms with E-state index < -0.39 is 0 Å². The molecule has 1 N–H and O–H groups in total. The zero-order valence-corrected chi connectivity index (χ0v) is 15.2. The van der Waals surface area contributed by atoms with Crippen LogP contribution in [-0.2, 0) is 22.6 Å². The zero-order valence-electron chi connectivity index (χ0n) is 13.6. The number of nitrogens with zero attached hydrogens (tertiary/aromatic N) is 2. The number of esters is 1. The predicted octanol–water partition coefficient (Wildman–Crippen LogP) is 4.27. The number of H-pyrrole nitrogens is 1. The summed E-state index contributed by atoms with van der Waals surface area (Å²) in [7, 11) is 0. The second kappa shape index (κ2) is 7.13. The topological polar surface area (TPSA) is 81.0 Å². The lowest BCUT2D eigenvalue weighted by molar-refractivity contribution is -0.144. The monoisotopic (exact) mass is 411 g/mol. The lowest BCUT2D eigenvalue weighted by Gasteiger charge is -2.01. The molecule has 0 amide bonds. The summed E-state index contributed by atoms with van der Waals surface area (Å²) in [6.07, 6.45) is 2.00. The molecule has 0 saturated heterocycles. The van der Waals surface area contributed by atoms with Crippen LogP contribution in [0.5, 0.6) is 0 Å². The third kappa shape index (κ3) is 3.39. The molecule has 0 aliphatic heterocycles. The van der Waals surface area contributed by atoms with Crippen LogP contribution >= 0.6 is 15.9 Å². The summed E-state index contributed by atoms with van der Waals surface area (Å²) in [4.78, 5) is 15.3. The summed E-state index contributed by atoms with van der Waals surface area (Å²) in [6, 6.07) is 15.3. The van der Waals surface area contributed by atoms with Gasteiger partial charge in [0.15, 0.2) is 6.61 Å². The Morgan fingerprint density at radius 1 is 1.12 bits per heavy atom. The van der Waals surface area contributed by atoms with Gasteiger partial charge in [-0.25, -0.2) is 0 Å². The highest BCUT2D eigenvalue weighted by Crippen LogP contribution is 2.26. The van der Waals surface area contributed by atoms with Gasteiger partial charge in [-0.1, -0.05) is 30.3 Å². The van der Waals surface area contributed by atoms with Crippen LogP contribution in [0.4, 0.5) is 0 Å². The molecule has 0 unspecified atom stereocenters. The van der Waals surface area contributed by atoms with Gasteiger partial charge in [0, 0.05) is 21.6 Å². The van der Waals surface area contributed by atoms with Gasteiger partial charge in [-0.2, -0.15) is 0 Å². The predicted molar refractivity (Wildman–Crippen MR) is 99.2 cm³/mol. The van der Waals surface area contributed by atoms with Crippen molar-refractivity contribution in [2.45, 2.75) is 13.0 Å². The Balaban J connectivity index is 1.40. The molecule has 26 heavy (non-hydrogen) atoms. The second-order valence-electron chi connectivity index (χ2n) is 5.68. The molecule has 0 radical (unpaired) electrons. The number of halogens is 1. The first-order chi connectivity index (χ1) is 12.7. The fourth-order valence-electron chi connectivity index (χ4n) is 2.68. The second-order valence-corrected chi connectivity index (χ2v) is 6.53. The number of fused-ring (bicyclic) bond motifs is 1. The minimum atomic E-state index is -0.351. The van der Waals surface area contributed by atoms with Gasteiger partial charge in [-0.15, -0.1) is 10.2 Å². The molecule has 0 saturated carbocycles. The number of hydrogen-bond acceptors (Lipinski definition) is 5. The molecule has 0 atom stereocenters. The summed E-state index contributed by atoms with van der Waals surface area (Å²) in [5, 5.41) is 8.94. The van der Waals surface area contributed by atoms with Crippen molar-refractivity contribution >= 4 is 32.8 Å². The maximum atomic E-state index is 12.1. The van der Waals surface area contributed by atoms with Crippen molar-refractivity contribution in [2.24, 2.45) is 0 Å². The van der Waals surface area contributed by atoms with E-state index in [4.69, 9.17) is 9.15 Å². The van der Waals surface area contributed by atoms with Gasteiger partial charge < -0.3 is 14.1 Å².